The molecule has 22 heavy (non-hydrogen) atoms. The molecule has 0 aromatic rings. The molecule has 0 fully saturated rings. The van der Waals surface area contributed by atoms with E-state index in [4.69, 9.17) is 5.11 Å². The Labute approximate surface area is 139 Å². The SMILES string of the molecule is CC.CCCCCCCC/C=C\CCCCCCCC(=O)O. The highest BCUT2D eigenvalue weighted by Crippen LogP contribution is 2.09. The van der Waals surface area contributed by atoms with Crippen LogP contribution in [0.5, 0.6) is 0 Å². The first-order valence-corrected chi connectivity index (χ1v) is 9.64. The molecule has 0 radical (unpaired) electrons. The van der Waals surface area contributed by atoms with E-state index in [0.29, 0.717) is 6.42 Å². The highest BCUT2D eigenvalue weighted by Gasteiger charge is 1.95. The Balaban J connectivity index is 0. The normalized spacial score (nSPS) is 10.5. The molecule has 0 aliphatic carbocycles. The number of hydrogen-bond acceptors (Lipinski definition) is 1. The van der Waals surface area contributed by atoms with Gasteiger partial charge in [0.25, 0.3) is 0 Å². The van der Waals surface area contributed by atoms with Crippen molar-refractivity contribution in [3.63, 3.8) is 0 Å². The number of carbonyl (C=O) groups is 1. The smallest absolute Gasteiger partial charge is 0.303 e. The lowest BCUT2D eigenvalue weighted by molar-refractivity contribution is -0.137. The molecule has 0 heterocycles. The van der Waals surface area contributed by atoms with Gasteiger partial charge in [0.05, 0.1) is 0 Å². The lowest BCUT2D eigenvalue weighted by Gasteiger charge is -1.99. The average Bonchev–Trinajstić information content (AvgIpc) is 2.53. The molecule has 2 nitrogen and oxygen atoms in total. The van der Waals surface area contributed by atoms with Crippen LogP contribution in [0.2, 0.25) is 0 Å². The van der Waals surface area contributed by atoms with Crippen LogP contribution >= 0.6 is 0 Å². The third-order valence-corrected chi connectivity index (χ3v) is 3.65. The molecule has 1 N–H and O–H groups in total. The first-order chi connectivity index (χ1) is 10.8. The summed E-state index contributed by atoms with van der Waals surface area (Å²) in [5, 5.41) is 8.51. The fourth-order valence-electron chi connectivity index (χ4n) is 2.35. The van der Waals surface area contributed by atoms with Gasteiger partial charge in [0.1, 0.15) is 0 Å². The van der Waals surface area contributed by atoms with Crippen LogP contribution in [0.3, 0.4) is 0 Å². The molecule has 2 heteroatoms. The van der Waals surface area contributed by atoms with E-state index in [1.165, 1.54) is 70.6 Å². The minimum Gasteiger partial charge on any atom is -0.481 e. The molecule has 0 saturated heterocycles. The van der Waals surface area contributed by atoms with Gasteiger partial charge in [-0.05, 0) is 32.1 Å². The topological polar surface area (TPSA) is 37.3 Å². The van der Waals surface area contributed by atoms with Gasteiger partial charge in [-0.15, -0.1) is 0 Å². The van der Waals surface area contributed by atoms with E-state index in [1.807, 2.05) is 13.8 Å². The van der Waals surface area contributed by atoms with Crippen LogP contribution in [0.15, 0.2) is 12.2 Å². The zero-order valence-electron chi connectivity index (χ0n) is 15.4. The molecule has 0 saturated carbocycles. The molecule has 0 aromatic heterocycles. The molecular weight excluding hydrogens is 272 g/mol. The molecule has 132 valence electrons. The van der Waals surface area contributed by atoms with Crippen molar-refractivity contribution in [3.8, 4) is 0 Å². The number of carboxylic acid groups (broad SMARTS) is 1. The molecule has 0 amide bonds. The zero-order chi connectivity index (χ0) is 16.9. The number of aliphatic carboxylic acids is 1. The standard InChI is InChI=1S/C18H34O2.C2H6/c1-2-3-4-5-6-7-8-9-10-11-12-13-14-15-16-17-18(19)20;1-2/h9-10H,2-8,11-17H2,1H3,(H,19,20);1-2H3/b10-9-;. The van der Waals surface area contributed by atoms with E-state index in [1.54, 1.807) is 0 Å². The Kier molecular flexibility index (Phi) is 24.0. The van der Waals surface area contributed by atoms with Gasteiger partial charge in [-0.3, -0.25) is 4.79 Å². The Hall–Kier alpha value is -0.790. The van der Waals surface area contributed by atoms with Crippen molar-refractivity contribution in [1.29, 1.82) is 0 Å². The largest absolute Gasteiger partial charge is 0.481 e. The number of unbranched alkanes of at least 4 members (excludes halogenated alkanes) is 11. The number of carboxylic acids is 1. The Bertz CT molecular complexity index is 234. The third kappa shape index (κ3) is 24.2. The van der Waals surface area contributed by atoms with Gasteiger partial charge >= 0.3 is 5.97 Å². The van der Waals surface area contributed by atoms with E-state index < -0.39 is 5.97 Å². The van der Waals surface area contributed by atoms with Crippen molar-refractivity contribution in [2.75, 3.05) is 0 Å². The molecule has 0 aromatic carbocycles. The van der Waals surface area contributed by atoms with Gasteiger partial charge in [-0.1, -0.05) is 84.3 Å². The molecular formula is C20H40O2. The van der Waals surface area contributed by atoms with Crippen molar-refractivity contribution in [3.05, 3.63) is 12.2 Å². The van der Waals surface area contributed by atoms with E-state index in [-0.39, 0.29) is 0 Å². The van der Waals surface area contributed by atoms with Crippen LogP contribution in [-0.4, -0.2) is 11.1 Å². The highest BCUT2D eigenvalue weighted by atomic mass is 16.4. The summed E-state index contributed by atoms with van der Waals surface area (Å²) in [7, 11) is 0. The van der Waals surface area contributed by atoms with Crippen molar-refractivity contribution in [2.24, 2.45) is 0 Å². The van der Waals surface area contributed by atoms with Gasteiger partial charge in [0, 0.05) is 6.42 Å². The molecule has 0 unspecified atom stereocenters. The van der Waals surface area contributed by atoms with Gasteiger partial charge in [-0.25, -0.2) is 0 Å². The second-order valence-corrected chi connectivity index (χ2v) is 5.73. The summed E-state index contributed by atoms with van der Waals surface area (Å²) in [6.07, 6.45) is 21.2. The molecule has 0 aliphatic heterocycles. The van der Waals surface area contributed by atoms with Crippen molar-refractivity contribution < 1.29 is 9.90 Å². The second-order valence-electron chi connectivity index (χ2n) is 5.73. The van der Waals surface area contributed by atoms with Gasteiger partial charge in [0.2, 0.25) is 0 Å². The minimum atomic E-state index is -0.664. The van der Waals surface area contributed by atoms with Crippen LogP contribution in [0.1, 0.15) is 111 Å². The monoisotopic (exact) mass is 312 g/mol. The zero-order valence-corrected chi connectivity index (χ0v) is 15.4. The van der Waals surface area contributed by atoms with Gasteiger partial charge in [-0.2, -0.15) is 0 Å². The lowest BCUT2D eigenvalue weighted by Crippen LogP contribution is -1.93. The predicted molar refractivity (Wildman–Crippen MR) is 98.4 cm³/mol. The van der Waals surface area contributed by atoms with Crippen LogP contribution in [0, 0.1) is 0 Å². The Morgan fingerprint density at radius 3 is 1.59 bits per heavy atom. The lowest BCUT2D eigenvalue weighted by atomic mass is 10.1. The van der Waals surface area contributed by atoms with E-state index in [9.17, 15) is 4.79 Å². The summed E-state index contributed by atoms with van der Waals surface area (Å²) in [6, 6.07) is 0. The molecule has 0 atom stereocenters. The highest BCUT2D eigenvalue weighted by molar-refractivity contribution is 5.66. The molecule has 0 rings (SSSR count). The van der Waals surface area contributed by atoms with Gasteiger partial charge in [0.15, 0.2) is 0 Å². The summed E-state index contributed by atoms with van der Waals surface area (Å²) in [5.74, 6) is -0.664. The van der Waals surface area contributed by atoms with E-state index in [2.05, 4.69) is 19.1 Å². The summed E-state index contributed by atoms with van der Waals surface area (Å²) in [5.41, 5.74) is 0. The number of rotatable bonds is 15. The third-order valence-electron chi connectivity index (χ3n) is 3.65. The molecule has 0 aliphatic rings. The fraction of sp³-hybridized carbons (Fsp3) is 0.850. The first kappa shape index (κ1) is 23.5. The van der Waals surface area contributed by atoms with E-state index >= 15 is 0 Å². The molecule has 0 bridgehead atoms. The summed E-state index contributed by atoms with van der Waals surface area (Å²) in [4.78, 5) is 10.3. The first-order valence-electron chi connectivity index (χ1n) is 9.64. The van der Waals surface area contributed by atoms with Crippen LogP contribution in [-0.2, 0) is 4.79 Å². The quantitative estimate of drug-likeness (QED) is 0.258. The average molecular weight is 313 g/mol. The fourth-order valence-corrected chi connectivity index (χ4v) is 2.35. The Morgan fingerprint density at radius 2 is 1.14 bits per heavy atom. The maximum absolute atomic E-state index is 10.3. The van der Waals surface area contributed by atoms with E-state index in [0.717, 1.165) is 12.8 Å². The number of allylic oxidation sites excluding steroid dienone is 2. The maximum Gasteiger partial charge on any atom is 0.303 e. The van der Waals surface area contributed by atoms with Crippen LogP contribution < -0.4 is 0 Å². The van der Waals surface area contributed by atoms with Crippen molar-refractivity contribution in [2.45, 2.75) is 111 Å². The molecule has 0 spiro atoms. The van der Waals surface area contributed by atoms with Crippen molar-refractivity contribution in [1.82, 2.24) is 0 Å². The minimum absolute atomic E-state index is 0.332. The van der Waals surface area contributed by atoms with Gasteiger partial charge < -0.3 is 5.11 Å². The van der Waals surface area contributed by atoms with Crippen LogP contribution in [0.25, 0.3) is 0 Å². The summed E-state index contributed by atoms with van der Waals surface area (Å²) in [6.45, 7) is 6.26. The predicted octanol–water partition coefficient (Wildman–Crippen LogP) is 7.13. The van der Waals surface area contributed by atoms with Crippen molar-refractivity contribution >= 4 is 5.97 Å². The Morgan fingerprint density at radius 1 is 0.727 bits per heavy atom. The van der Waals surface area contributed by atoms with Crippen LogP contribution in [0.4, 0.5) is 0 Å². The summed E-state index contributed by atoms with van der Waals surface area (Å²) < 4.78 is 0. The maximum atomic E-state index is 10.3. The number of hydrogen-bond donors (Lipinski definition) is 1. The second kappa shape index (κ2) is 22.5. The summed E-state index contributed by atoms with van der Waals surface area (Å²) >= 11 is 0.